The number of aryl methyl sites for hydroxylation is 1. The van der Waals surface area contributed by atoms with E-state index in [1.165, 1.54) is 11.3 Å². The maximum absolute atomic E-state index is 12.6. The molecule has 1 aliphatic rings. The van der Waals surface area contributed by atoms with Crippen LogP contribution in [0.5, 0.6) is 0 Å². The molecule has 6 heteroatoms. The van der Waals surface area contributed by atoms with Crippen molar-refractivity contribution >= 4 is 17.2 Å². The van der Waals surface area contributed by atoms with Crippen LogP contribution >= 0.6 is 11.3 Å². The van der Waals surface area contributed by atoms with Gasteiger partial charge in [0.25, 0.3) is 5.91 Å². The summed E-state index contributed by atoms with van der Waals surface area (Å²) in [7, 11) is 0. The number of likely N-dealkylation sites (tertiary alicyclic amines) is 1. The van der Waals surface area contributed by atoms with Crippen molar-refractivity contribution in [3.8, 4) is 10.6 Å². The molecule has 110 valence electrons. The van der Waals surface area contributed by atoms with E-state index < -0.39 is 0 Å². The topological polar surface area (TPSA) is 72.1 Å². The van der Waals surface area contributed by atoms with Crippen LogP contribution in [0, 0.1) is 12.8 Å². The summed E-state index contributed by atoms with van der Waals surface area (Å²) >= 11 is 1.46. The van der Waals surface area contributed by atoms with Crippen LogP contribution in [0.1, 0.15) is 21.8 Å². The molecule has 0 aliphatic carbocycles. The predicted molar refractivity (Wildman–Crippen MR) is 83.1 cm³/mol. The van der Waals surface area contributed by atoms with Gasteiger partial charge in [0.2, 0.25) is 0 Å². The minimum absolute atomic E-state index is 0.0845. The van der Waals surface area contributed by atoms with E-state index in [4.69, 9.17) is 5.73 Å². The van der Waals surface area contributed by atoms with E-state index in [2.05, 4.69) is 9.97 Å². The van der Waals surface area contributed by atoms with Crippen LogP contribution in [0.15, 0.2) is 24.5 Å². The largest absolute Gasteiger partial charge is 0.338 e. The number of carbonyl (C=O) groups excluding carboxylic acids is 1. The highest BCUT2D eigenvalue weighted by molar-refractivity contribution is 7.17. The Kier molecular flexibility index (Phi) is 3.98. The molecule has 21 heavy (non-hydrogen) atoms. The summed E-state index contributed by atoms with van der Waals surface area (Å²) in [4.78, 5) is 23.8. The van der Waals surface area contributed by atoms with Gasteiger partial charge in [-0.2, -0.15) is 0 Å². The molecule has 3 rings (SSSR count). The van der Waals surface area contributed by atoms with Gasteiger partial charge in [-0.1, -0.05) is 0 Å². The van der Waals surface area contributed by atoms with Crippen molar-refractivity contribution in [2.24, 2.45) is 11.7 Å². The number of amides is 1. The molecule has 0 aromatic carbocycles. The number of carbonyl (C=O) groups is 1. The third kappa shape index (κ3) is 2.82. The van der Waals surface area contributed by atoms with Crippen molar-refractivity contribution in [1.82, 2.24) is 14.9 Å². The third-order valence-corrected chi connectivity index (χ3v) is 5.02. The number of nitrogens with two attached hydrogens (primary N) is 1. The van der Waals surface area contributed by atoms with Gasteiger partial charge in [-0.3, -0.25) is 9.78 Å². The molecule has 0 bridgehead atoms. The zero-order chi connectivity index (χ0) is 14.8. The Bertz CT molecular complexity index is 640. The number of rotatable bonds is 3. The lowest BCUT2D eigenvalue weighted by molar-refractivity contribution is 0.0791. The van der Waals surface area contributed by atoms with Crippen molar-refractivity contribution in [3.05, 3.63) is 35.1 Å². The van der Waals surface area contributed by atoms with Crippen LogP contribution in [0.4, 0.5) is 0 Å². The Morgan fingerprint density at radius 2 is 2.24 bits per heavy atom. The maximum atomic E-state index is 12.6. The highest BCUT2D eigenvalue weighted by Gasteiger charge is 2.28. The summed E-state index contributed by atoms with van der Waals surface area (Å²) in [6.45, 7) is 4.10. The molecule has 1 amide bonds. The number of pyridine rings is 1. The lowest BCUT2D eigenvalue weighted by Crippen LogP contribution is -2.29. The summed E-state index contributed by atoms with van der Waals surface area (Å²) in [5.74, 6) is 0.517. The minimum atomic E-state index is 0.0845. The normalized spacial score (nSPS) is 18.2. The van der Waals surface area contributed by atoms with Crippen LogP contribution in [0.2, 0.25) is 0 Å². The molecule has 0 radical (unpaired) electrons. The molecule has 1 aliphatic heterocycles. The summed E-state index contributed by atoms with van der Waals surface area (Å²) in [6, 6.07) is 3.82. The quantitative estimate of drug-likeness (QED) is 0.940. The van der Waals surface area contributed by atoms with Gasteiger partial charge in [-0.25, -0.2) is 4.98 Å². The Morgan fingerprint density at radius 1 is 1.48 bits per heavy atom. The van der Waals surface area contributed by atoms with E-state index >= 15 is 0 Å². The minimum Gasteiger partial charge on any atom is -0.338 e. The Balaban J connectivity index is 1.83. The van der Waals surface area contributed by atoms with Gasteiger partial charge in [0.1, 0.15) is 9.88 Å². The average molecular weight is 302 g/mol. The fourth-order valence-corrected chi connectivity index (χ4v) is 3.61. The second-order valence-corrected chi connectivity index (χ2v) is 6.31. The predicted octanol–water partition coefficient (Wildman–Crippen LogP) is 1.93. The van der Waals surface area contributed by atoms with E-state index in [9.17, 15) is 4.79 Å². The summed E-state index contributed by atoms with van der Waals surface area (Å²) < 4.78 is 0. The van der Waals surface area contributed by atoms with E-state index in [-0.39, 0.29) is 5.91 Å². The molecule has 2 N–H and O–H groups in total. The SMILES string of the molecule is Cc1nc(-c2ccncc2)sc1C(=O)N1CCC(CN)C1. The van der Waals surface area contributed by atoms with Crippen molar-refractivity contribution in [3.63, 3.8) is 0 Å². The van der Waals surface area contributed by atoms with Gasteiger partial charge >= 0.3 is 0 Å². The average Bonchev–Trinajstić information content (AvgIpc) is 3.14. The molecule has 1 unspecified atom stereocenters. The van der Waals surface area contributed by atoms with Gasteiger partial charge in [0, 0.05) is 31.0 Å². The maximum Gasteiger partial charge on any atom is 0.265 e. The van der Waals surface area contributed by atoms with Gasteiger partial charge in [0.15, 0.2) is 0 Å². The summed E-state index contributed by atoms with van der Waals surface area (Å²) in [6.07, 6.45) is 4.47. The molecule has 0 saturated carbocycles. The Labute approximate surface area is 127 Å². The molecular weight excluding hydrogens is 284 g/mol. The highest BCUT2D eigenvalue weighted by Crippen LogP contribution is 2.29. The zero-order valence-corrected chi connectivity index (χ0v) is 12.8. The van der Waals surface area contributed by atoms with Crippen molar-refractivity contribution in [2.45, 2.75) is 13.3 Å². The third-order valence-electron chi connectivity index (χ3n) is 3.82. The van der Waals surface area contributed by atoms with E-state index in [0.29, 0.717) is 12.5 Å². The standard InChI is InChI=1S/C15H18N4OS/c1-10-13(15(20)19-7-4-11(8-16)9-19)21-14(18-10)12-2-5-17-6-3-12/h2-3,5-6,11H,4,7-9,16H2,1H3. The van der Waals surface area contributed by atoms with Crippen LogP contribution in [-0.2, 0) is 0 Å². The molecular formula is C15H18N4OS. The fourth-order valence-electron chi connectivity index (χ4n) is 2.57. The highest BCUT2D eigenvalue weighted by atomic mass is 32.1. The first-order chi connectivity index (χ1) is 10.2. The first kappa shape index (κ1) is 14.2. The molecule has 1 atom stereocenters. The summed E-state index contributed by atoms with van der Waals surface area (Å²) in [5, 5.41) is 0.868. The van der Waals surface area contributed by atoms with E-state index in [0.717, 1.165) is 40.7 Å². The number of hydrogen-bond acceptors (Lipinski definition) is 5. The molecule has 1 saturated heterocycles. The smallest absolute Gasteiger partial charge is 0.265 e. The molecule has 2 aromatic rings. The van der Waals surface area contributed by atoms with Crippen molar-refractivity contribution in [2.75, 3.05) is 19.6 Å². The van der Waals surface area contributed by atoms with Crippen molar-refractivity contribution in [1.29, 1.82) is 0 Å². The Hall–Kier alpha value is -1.79. The number of nitrogens with zero attached hydrogens (tertiary/aromatic N) is 3. The van der Waals surface area contributed by atoms with Crippen molar-refractivity contribution < 1.29 is 4.79 Å². The van der Waals surface area contributed by atoms with Crippen LogP contribution in [-0.4, -0.2) is 40.4 Å². The molecule has 3 heterocycles. The monoisotopic (exact) mass is 302 g/mol. The number of thiazole rings is 1. The second kappa shape index (κ2) is 5.91. The van der Waals surface area contributed by atoms with Gasteiger partial charge < -0.3 is 10.6 Å². The Morgan fingerprint density at radius 3 is 2.90 bits per heavy atom. The fraction of sp³-hybridized carbons (Fsp3) is 0.400. The van der Waals surface area contributed by atoms with E-state index in [1.807, 2.05) is 24.0 Å². The van der Waals surface area contributed by atoms with Gasteiger partial charge in [-0.15, -0.1) is 11.3 Å². The molecule has 2 aromatic heterocycles. The molecule has 5 nitrogen and oxygen atoms in total. The lowest BCUT2D eigenvalue weighted by Gasteiger charge is -2.15. The summed E-state index contributed by atoms with van der Waals surface area (Å²) in [5.41, 5.74) is 7.49. The molecule has 1 fully saturated rings. The lowest BCUT2D eigenvalue weighted by atomic mass is 10.1. The van der Waals surface area contributed by atoms with Crippen LogP contribution < -0.4 is 5.73 Å². The van der Waals surface area contributed by atoms with Crippen LogP contribution in [0.3, 0.4) is 0 Å². The van der Waals surface area contributed by atoms with Crippen LogP contribution in [0.25, 0.3) is 10.6 Å². The van der Waals surface area contributed by atoms with Gasteiger partial charge in [-0.05, 0) is 37.9 Å². The second-order valence-electron chi connectivity index (χ2n) is 5.31. The number of aromatic nitrogens is 2. The first-order valence-corrected chi connectivity index (χ1v) is 7.88. The molecule has 0 spiro atoms. The number of hydrogen-bond donors (Lipinski definition) is 1. The van der Waals surface area contributed by atoms with E-state index in [1.54, 1.807) is 12.4 Å². The zero-order valence-electron chi connectivity index (χ0n) is 12.0. The van der Waals surface area contributed by atoms with Gasteiger partial charge in [0.05, 0.1) is 5.69 Å². The first-order valence-electron chi connectivity index (χ1n) is 7.06.